The molecule has 0 aliphatic heterocycles. The number of nitrogens with zero attached hydrogens (tertiary/aromatic N) is 2. The van der Waals surface area contributed by atoms with E-state index < -0.39 is 27.8 Å². The molecule has 7 nitrogen and oxygen atoms in total. The minimum absolute atomic E-state index is 0.0589. The Labute approximate surface area is 234 Å². The summed E-state index contributed by atoms with van der Waals surface area (Å²) < 4.78 is 65.5. The van der Waals surface area contributed by atoms with Crippen molar-refractivity contribution in [1.82, 2.24) is 10.2 Å². The van der Waals surface area contributed by atoms with Crippen LogP contribution in [-0.2, 0) is 32.3 Å². The predicted octanol–water partition coefficient (Wildman–Crippen LogP) is 5.43. The maximum atomic E-state index is 13.5. The number of benzene rings is 2. The standard InChI is InChI=1S/C29H38F3N3O4S/c1-21-11-7-8-12-23(21)20-34(22(2)28(37)33-25-14-5-4-6-15-25)27(36)17-10-18-35(40(3,38)39)26-16-9-13-24(19-26)29(30,31)32/h7-9,11-13,16,19,22,25H,4-6,10,14-15,17-18,20H2,1-3H3,(H,33,37). The van der Waals surface area contributed by atoms with Gasteiger partial charge in [-0.05, 0) is 62.4 Å². The van der Waals surface area contributed by atoms with E-state index in [0.29, 0.717) is 0 Å². The molecule has 2 amide bonds. The lowest BCUT2D eigenvalue weighted by molar-refractivity contribution is -0.141. The van der Waals surface area contributed by atoms with Crippen LogP contribution in [0.1, 0.15) is 68.6 Å². The highest BCUT2D eigenvalue weighted by molar-refractivity contribution is 7.92. The van der Waals surface area contributed by atoms with E-state index in [-0.39, 0.29) is 49.5 Å². The van der Waals surface area contributed by atoms with Crippen molar-refractivity contribution in [3.8, 4) is 0 Å². The highest BCUT2D eigenvalue weighted by Gasteiger charge is 2.32. The Hall–Kier alpha value is -3.08. The van der Waals surface area contributed by atoms with Gasteiger partial charge in [0.2, 0.25) is 21.8 Å². The van der Waals surface area contributed by atoms with Crippen molar-refractivity contribution in [3.63, 3.8) is 0 Å². The van der Waals surface area contributed by atoms with E-state index in [1.807, 2.05) is 31.2 Å². The molecular weight excluding hydrogens is 543 g/mol. The Balaban J connectivity index is 1.75. The first kappa shape index (κ1) is 31.4. The van der Waals surface area contributed by atoms with E-state index in [1.165, 1.54) is 11.0 Å². The maximum absolute atomic E-state index is 13.5. The normalized spacial score (nSPS) is 15.3. The lowest BCUT2D eigenvalue weighted by atomic mass is 9.95. The van der Waals surface area contributed by atoms with Crippen molar-refractivity contribution < 1.29 is 31.2 Å². The summed E-state index contributed by atoms with van der Waals surface area (Å²) in [6, 6.07) is 11.0. The monoisotopic (exact) mass is 581 g/mol. The van der Waals surface area contributed by atoms with E-state index >= 15 is 0 Å². The number of carbonyl (C=O) groups excluding carboxylic acids is 2. The molecular formula is C29H38F3N3O4S. The van der Waals surface area contributed by atoms with Gasteiger partial charge in [0, 0.05) is 25.6 Å². The number of rotatable bonds is 11. The summed E-state index contributed by atoms with van der Waals surface area (Å²) in [5.74, 6) is -0.581. The van der Waals surface area contributed by atoms with Gasteiger partial charge in [0.25, 0.3) is 0 Å². The van der Waals surface area contributed by atoms with Crippen LogP contribution in [-0.4, -0.2) is 50.0 Å². The molecule has 1 aliphatic rings. The summed E-state index contributed by atoms with van der Waals surface area (Å²) in [5.41, 5.74) is 0.765. The van der Waals surface area contributed by atoms with Crippen LogP contribution in [0.2, 0.25) is 0 Å². The van der Waals surface area contributed by atoms with E-state index in [0.717, 1.165) is 72.0 Å². The third-order valence-corrected chi connectivity index (χ3v) is 8.53. The fraction of sp³-hybridized carbons (Fsp3) is 0.517. The van der Waals surface area contributed by atoms with Crippen LogP contribution in [0.4, 0.5) is 18.9 Å². The fourth-order valence-electron chi connectivity index (χ4n) is 4.96. The number of aryl methyl sites for hydroxylation is 1. The van der Waals surface area contributed by atoms with Crippen LogP contribution in [0.3, 0.4) is 0 Å². The van der Waals surface area contributed by atoms with E-state index in [9.17, 15) is 31.2 Å². The average Bonchev–Trinajstić information content (AvgIpc) is 2.89. The van der Waals surface area contributed by atoms with Crippen LogP contribution in [0.5, 0.6) is 0 Å². The van der Waals surface area contributed by atoms with E-state index in [4.69, 9.17) is 0 Å². The first-order valence-corrected chi connectivity index (χ1v) is 15.4. The Morgan fingerprint density at radius 3 is 2.35 bits per heavy atom. The summed E-state index contributed by atoms with van der Waals surface area (Å²) in [4.78, 5) is 28.1. The lowest BCUT2D eigenvalue weighted by Gasteiger charge is -2.32. The van der Waals surface area contributed by atoms with Crippen molar-refractivity contribution >= 4 is 27.5 Å². The molecule has 2 aromatic carbocycles. The van der Waals surface area contributed by atoms with Gasteiger partial charge in [0.05, 0.1) is 17.5 Å². The molecule has 1 saturated carbocycles. The maximum Gasteiger partial charge on any atom is 0.416 e. The Morgan fingerprint density at radius 1 is 1.05 bits per heavy atom. The molecule has 0 saturated heterocycles. The average molecular weight is 582 g/mol. The molecule has 1 N–H and O–H groups in total. The molecule has 40 heavy (non-hydrogen) atoms. The molecule has 1 atom stereocenters. The van der Waals surface area contributed by atoms with Crippen molar-refractivity contribution in [2.75, 3.05) is 17.1 Å². The van der Waals surface area contributed by atoms with Crippen molar-refractivity contribution in [2.45, 2.75) is 83.6 Å². The predicted molar refractivity (Wildman–Crippen MR) is 149 cm³/mol. The zero-order chi connectivity index (χ0) is 29.5. The first-order valence-electron chi connectivity index (χ1n) is 13.6. The van der Waals surface area contributed by atoms with Crippen molar-refractivity contribution in [1.29, 1.82) is 0 Å². The van der Waals surface area contributed by atoms with Crippen LogP contribution in [0.15, 0.2) is 48.5 Å². The third kappa shape index (κ3) is 8.71. The Morgan fingerprint density at radius 2 is 1.73 bits per heavy atom. The minimum atomic E-state index is -4.63. The number of alkyl halides is 3. The summed E-state index contributed by atoms with van der Waals surface area (Å²) in [7, 11) is -3.92. The molecule has 0 bridgehead atoms. The zero-order valence-electron chi connectivity index (χ0n) is 23.2. The number of hydrogen-bond acceptors (Lipinski definition) is 4. The quantitative estimate of drug-likeness (QED) is 0.384. The first-order chi connectivity index (χ1) is 18.8. The lowest BCUT2D eigenvalue weighted by Crippen LogP contribution is -2.50. The van der Waals surface area contributed by atoms with E-state index in [1.54, 1.807) is 6.92 Å². The number of sulfonamides is 1. The molecule has 220 valence electrons. The number of carbonyl (C=O) groups is 2. The Bertz CT molecular complexity index is 1280. The minimum Gasteiger partial charge on any atom is -0.352 e. The topological polar surface area (TPSA) is 86.8 Å². The summed E-state index contributed by atoms with van der Waals surface area (Å²) in [6.07, 6.45) is 1.31. The number of nitrogens with one attached hydrogen (secondary N) is 1. The molecule has 1 fully saturated rings. The number of hydrogen-bond donors (Lipinski definition) is 1. The highest BCUT2D eigenvalue weighted by atomic mass is 32.2. The van der Waals surface area contributed by atoms with Gasteiger partial charge in [0.15, 0.2) is 0 Å². The molecule has 2 aromatic rings. The molecule has 0 heterocycles. The van der Waals surface area contributed by atoms with Crippen molar-refractivity contribution in [3.05, 3.63) is 65.2 Å². The number of anilines is 1. The zero-order valence-corrected chi connectivity index (χ0v) is 24.0. The van der Waals surface area contributed by atoms with Gasteiger partial charge in [-0.2, -0.15) is 13.2 Å². The molecule has 0 radical (unpaired) electrons. The molecule has 11 heteroatoms. The number of amides is 2. The van der Waals surface area contributed by atoms with Crippen LogP contribution >= 0.6 is 0 Å². The van der Waals surface area contributed by atoms with Crippen LogP contribution in [0.25, 0.3) is 0 Å². The molecule has 0 aromatic heterocycles. The largest absolute Gasteiger partial charge is 0.416 e. The SMILES string of the molecule is Cc1ccccc1CN(C(=O)CCCN(c1cccc(C(F)(F)F)c1)S(C)(=O)=O)C(C)C(=O)NC1CCCCC1. The molecule has 0 spiro atoms. The number of halogens is 3. The van der Waals surface area contributed by atoms with Gasteiger partial charge in [-0.3, -0.25) is 13.9 Å². The van der Waals surface area contributed by atoms with Crippen LogP contribution in [0, 0.1) is 6.92 Å². The third-order valence-electron chi connectivity index (χ3n) is 7.33. The second kappa shape index (κ2) is 13.5. The highest BCUT2D eigenvalue weighted by Crippen LogP contribution is 2.32. The molecule has 1 unspecified atom stereocenters. The summed E-state index contributed by atoms with van der Waals surface area (Å²) >= 11 is 0. The second-order valence-electron chi connectivity index (χ2n) is 10.5. The van der Waals surface area contributed by atoms with Gasteiger partial charge in [-0.25, -0.2) is 8.42 Å². The van der Waals surface area contributed by atoms with Crippen molar-refractivity contribution in [2.24, 2.45) is 0 Å². The van der Waals surface area contributed by atoms with Gasteiger partial charge in [0.1, 0.15) is 6.04 Å². The van der Waals surface area contributed by atoms with Crippen LogP contribution < -0.4 is 9.62 Å². The molecule has 3 rings (SSSR count). The van der Waals surface area contributed by atoms with Gasteiger partial charge in [-0.15, -0.1) is 0 Å². The van der Waals surface area contributed by atoms with Gasteiger partial charge >= 0.3 is 6.18 Å². The smallest absolute Gasteiger partial charge is 0.352 e. The second-order valence-corrected chi connectivity index (χ2v) is 12.4. The fourth-order valence-corrected chi connectivity index (χ4v) is 5.92. The Kier molecular flexibility index (Phi) is 10.6. The van der Waals surface area contributed by atoms with Gasteiger partial charge in [-0.1, -0.05) is 49.6 Å². The summed E-state index contributed by atoms with van der Waals surface area (Å²) in [5, 5.41) is 3.08. The summed E-state index contributed by atoms with van der Waals surface area (Å²) in [6.45, 7) is 3.62. The van der Waals surface area contributed by atoms with E-state index in [2.05, 4.69) is 5.32 Å². The van der Waals surface area contributed by atoms with Gasteiger partial charge < -0.3 is 10.2 Å². The molecule has 1 aliphatic carbocycles.